The number of alkyl halides is 3. The van der Waals surface area contributed by atoms with Crippen molar-refractivity contribution in [1.82, 2.24) is 24.8 Å². The number of benzene rings is 2. The van der Waals surface area contributed by atoms with E-state index in [4.69, 9.17) is 11.6 Å². The van der Waals surface area contributed by atoms with E-state index in [1.807, 2.05) is 0 Å². The quantitative estimate of drug-likeness (QED) is 0.514. The van der Waals surface area contributed by atoms with E-state index in [1.165, 1.54) is 11.0 Å². The summed E-state index contributed by atoms with van der Waals surface area (Å²) in [6.07, 6.45) is -4.97. The fourth-order valence-electron chi connectivity index (χ4n) is 3.54. The highest BCUT2D eigenvalue weighted by Gasteiger charge is 2.43. The standard InChI is InChI=1S/C21H15ClF5N5O2/c22-16-11-13(24)3-6-15(16)19(33)30-7-9-31(10-8-30)20(34)17-18(21(25,26)27)32(29-28-17)14-4-1-12(23)2-5-14/h1-6,11H,7-10H2. The number of carbonyl (C=O) groups is 2. The summed E-state index contributed by atoms with van der Waals surface area (Å²) >= 11 is 5.93. The Morgan fingerprint density at radius 1 is 0.853 bits per heavy atom. The van der Waals surface area contributed by atoms with E-state index in [0.29, 0.717) is 4.68 Å². The second-order valence-electron chi connectivity index (χ2n) is 7.38. The summed E-state index contributed by atoms with van der Waals surface area (Å²) in [5, 5.41) is 6.84. The average Bonchev–Trinajstić information content (AvgIpc) is 3.25. The normalized spacial score (nSPS) is 14.4. The highest BCUT2D eigenvalue weighted by Crippen LogP contribution is 2.33. The van der Waals surface area contributed by atoms with Crippen LogP contribution >= 0.6 is 11.6 Å². The van der Waals surface area contributed by atoms with E-state index < -0.39 is 41.0 Å². The average molecular weight is 500 g/mol. The zero-order valence-corrected chi connectivity index (χ0v) is 17.9. The first-order chi connectivity index (χ1) is 16.1. The first-order valence-corrected chi connectivity index (χ1v) is 10.3. The highest BCUT2D eigenvalue weighted by molar-refractivity contribution is 6.33. The molecule has 34 heavy (non-hydrogen) atoms. The largest absolute Gasteiger partial charge is 0.435 e. The molecule has 3 aromatic rings. The fraction of sp³-hybridized carbons (Fsp3) is 0.238. The predicted octanol–water partition coefficient (Wildman–Crippen LogP) is 3.82. The Morgan fingerprint density at radius 3 is 1.97 bits per heavy atom. The van der Waals surface area contributed by atoms with Crippen molar-refractivity contribution in [2.24, 2.45) is 0 Å². The number of amides is 2. The zero-order valence-electron chi connectivity index (χ0n) is 17.2. The molecule has 1 aromatic heterocycles. The van der Waals surface area contributed by atoms with E-state index in [2.05, 4.69) is 10.3 Å². The molecule has 0 spiro atoms. The molecular weight excluding hydrogens is 485 g/mol. The van der Waals surface area contributed by atoms with Crippen molar-refractivity contribution in [3.63, 3.8) is 0 Å². The molecule has 0 aliphatic carbocycles. The van der Waals surface area contributed by atoms with E-state index in [-0.39, 0.29) is 42.5 Å². The lowest BCUT2D eigenvalue weighted by Gasteiger charge is -2.34. The molecule has 4 rings (SSSR count). The van der Waals surface area contributed by atoms with Crippen LogP contribution in [0.4, 0.5) is 22.0 Å². The lowest BCUT2D eigenvalue weighted by atomic mass is 10.1. The molecule has 1 aliphatic heterocycles. The van der Waals surface area contributed by atoms with Gasteiger partial charge < -0.3 is 9.80 Å². The van der Waals surface area contributed by atoms with E-state index in [1.54, 1.807) is 0 Å². The minimum absolute atomic E-state index is 0.0196. The topological polar surface area (TPSA) is 71.3 Å². The lowest BCUT2D eigenvalue weighted by Crippen LogP contribution is -2.51. The van der Waals surface area contributed by atoms with Gasteiger partial charge in [-0.2, -0.15) is 13.2 Å². The Balaban J connectivity index is 1.53. The van der Waals surface area contributed by atoms with Crippen molar-refractivity contribution in [3.05, 3.63) is 76.1 Å². The summed E-state index contributed by atoms with van der Waals surface area (Å²) < 4.78 is 68.3. The molecule has 0 radical (unpaired) electrons. The van der Waals surface area contributed by atoms with E-state index >= 15 is 0 Å². The number of nitrogens with zero attached hydrogens (tertiary/aromatic N) is 5. The van der Waals surface area contributed by atoms with Gasteiger partial charge in [-0.15, -0.1) is 5.10 Å². The minimum Gasteiger partial charge on any atom is -0.335 e. The fourth-order valence-corrected chi connectivity index (χ4v) is 3.79. The molecule has 0 saturated carbocycles. The molecule has 2 heterocycles. The van der Waals surface area contributed by atoms with E-state index in [9.17, 15) is 31.5 Å². The van der Waals surface area contributed by atoms with Gasteiger partial charge in [-0.25, -0.2) is 13.5 Å². The second-order valence-corrected chi connectivity index (χ2v) is 7.79. The van der Waals surface area contributed by atoms with Gasteiger partial charge in [0.2, 0.25) is 0 Å². The number of carbonyl (C=O) groups excluding carboxylic acids is 2. The van der Waals surface area contributed by atoms with Gasteiger partial charge in [0.1, 0.15) is 11.6 Å². The third-order valence-corrected chi connectivity index (χ3v) is 5.54. The number of aromatic nitrogens is 3. The molecule has 2 aromatic carbocycles. The Hall–Kier alpha value is -3.54. The van der Waals surface area contributed by atoms with Gasteiger partial charge >= 0.3 is 6.18 Å². The van der Waals surface area contributed by atoms with Crippen molar-refractivity contribution in [1.29, 1.82) is 0 Å². The Morgan fingerprint density at radius 2 is 1.41 bits per heavy atom. The van der Waals surface area contributed by atoms with E-state index in [0.717, 1.165) is 41.3 Å². The number of hydrogen-bond donors (Lipinski definition) is 0. The van der Waals surface area contributed by atoms with Gasteiger partial charge in [-0.3, -0.25) is 9.59 Å². The molecule has 0 unspecified atom stereocenters. The molecule has 0 N–H and O–H groups in total. The monoisotopic (exact) mass is 499 g/mol. The molecule has 0 atom stereocenters. The number of hydrogen-bond acceptors (Lipinski definition) is 4. The Labute approximate surface area is 194 Å². The lowest BCUT2D eigenvalue weighted by molar-refractivity contribution is -0.143. The number of halogens is 6. The first kappa shape index (κ1) is 23.6. The van der Waals surface area contributed by atoms with Crippen LogP contribution in [0.15, 0.2) is 42.5 Å². The molecule has 1 saturated heterocycles. The summed E-state index contributed by atoms with van der Waals surface area (Å²) in [4.78, 5) is 28.0. The van der Waals surface area contributed by atoms with Gasteiger partial charge in [-0.1, -0.05) is 16.8 Å². The maximum absolute atomic E-state index is 13.8. The molecule has 13 heteroatoms. The van der Waals surface area contributed by atoms with Crippen molar-refractivity contribution < 1.29 is 31.5 Å². The second kappa shape index (κ2) is 9.01. The van der Waals surface area contributed by atoms with Crippen LogP contribution < -0.4 is 0 Å². The minimum atomic E-state index is -4.97. The summed E-state index contributed by atoms with van der Waals surface area (Å²) in [6.45, 7) is -0.0916. The van der Waals surface area contributed by atoms with Crippen LogP contribution in [0.25, 0.3) is 5.69 Å². The van der Waals surface area contributed by atoms with Gasteiger partial charge in [0.05, 0.1) is 16.3 Å². The highest BCUT2D eigenvalue weighted by atomic mass is 35.5. The van der Waals surface area contributed by atoms with Crippen LogP contribution in [0.3, 0.4) is 0 Å². The van der Waals surface area contributed by atoms with Crippen molar-refractivity contribution in [2.75, 3.05) is 26.2 Å². The van der Waals surface area contributed by atoms with Crippen LogP contribution in [-0.4, -0.2) is 62.8 Å². The van der Waals surface area contributed by atoms with Crippen LogP contribution in [0.5, 0.6) is 0 Å². The van der Waals surface area contributed by atoms with Gasteiger partial charge in [0, 0.05) is 26.2 Å². The van der Waals surface area contributed by atoms with Gasteiger partial charge in [-0.05, 0) is 42.5 Å². The smallest absolute Gasteiger partial charge is 0.335 e. The molecule has 178 valence electrons. The van der Waals surface area contributed by atoms with Crippen LogP contribution in [-0.2, 0) is 6.18 Å². The predicted molar refractivity (Wildman–Crippen MR) is 110 cm³/mol. The SMILES string of the molecule is O=C(c1ccc(F)cc1Cl)N1CCN(C(=O)c2nnn(-c3ccc(F)cc3)c2C(F)(F)F)CC1. The van der Waals surface area contributed by atoms with Crippen molar-refractivity contribution in [3.8, 4) is 5.69 Å². The number of piperazine rings is 1. The molecule has 7 nitrogen and oxygen atoms in total. The Kier molecular flexibility index (Phi) is 6.26. The Bertz CT molecular complexity index is 1240. The summed E-state index contributed by atoms with van der Waals surface area (Å²) in [5.41, 5.74) is -2.34. The van der Waals surface area contributed by atoms with Crippen LogP contribution in [0, 0.1) is 11.6 Å². The van der Waals surface area contributed by atoms with Crippen molar-refractivity contribution in [2.45, 2.75) is 6.18 Å². The van der Waals surface area contributed by atoms with Crippen molar-refractivity contribution >= 4 is 23.4 Å². The molecule has 1 fully saturated rings. The molecule has 0 bridgehead atoms. The van der Waals surface area contributed by atoms with Crippen LogP contribution in [0.2, 0.25) is 5.02 Å². The summed E-state index contributed by atoms with van der Waals surface area (Å²) in [5.74, 6) is -2.75. The summed E-state index contributed by atoms with van der Waals surface area (Å²) in [6, 6.07) is 7.40. The molecule has 2 amide bonds. The first-order valence-electron chi connectivity index (χ1n) is 9.88. The molecule has 1 aliphatic rings. The maximum Gasteiger partial charge on any atom is 0.435 e. The zero-order chi connectivity index (χ0) is 24.6. The number of rotatable bonds is 3. The molecular formula is C21H15ClF5N5O2. The maximum atomic E-state index is 13.8. The summed E-state index contributed by atoms with van der Waals surface area (Å²) in [7, 11) is 0. The van der Waals surface area contributed by atoms with Crippen LogP contribution in [0.1, 0.15) is 26.5 Å². The third-order valence-electron chi connectivity index (χ3n) is 5.23. The van der Waals surface area contributed by atoms with Gasteiger partial charge in [0.25, 0.3) is 11.8 Å². The van der Waals surface area contributed by atoms with Gasteiger partial charge in [0.15, 0.2) is 11.4 Å². The third kappa shape index (κ3) is 4.58.